The lowest BCUT2D eigenvalue weighted by molar-refractivity contribution is -0.122. The highest BCUT2D eigenvalue weighted by Gasteiger charge is 2.31. The zero-order valence-electron chi connectivity index (χ0n) is 10.1. The van der Waals surface area contributed by atoms with Gasteiger partial charge >= 0.3 is 0 Å². The summed E-state index contributed by atoms with van der Waals surface area (Å²) in [6.07, 6.45) is 0.731. The van der Waals surface area contributed by atoms with Gasteiger partial charge in [-0.05, 0) is 18.2 Å². The van der Waals surface area contributed by atoms with E-state index in [1.807, 2.05) is 0 Å². The second kappa shape index (κ2) is 5.22. The minimum atomic E-state index is -0.847. The van der Waals surface area contributed by atoms with Crippen molar-refractivity contribution in [2.45, 2.75) is 12.5 Å². The van der Waals surface area contributed by atoms with Gasteiger partial charge in [-0.25, -0.2) is 4.98 Å². The monoisotopic (exact) mass is 308 g/mol. The molecule has 0 bridgehead atoms. The molecule has 1 aromatic heterocycles. The summed E-state index contributed by atoms with van der Waals surface area (Å²) >= 11 is 7.14. The van der Waals surface area contributed by atoms with Crippen molar-refractivity contribution in [3.05, 3.63) is 40.4 Å². The first-order chi connectivity index (χ1) is 9.63. The maximum absolute atomic E-state index is 12.0. The van der Waals surface area contributed by atoms with Gasteiger partial charge in [-0.3, -0.25) is 14.9 Å². The Bertz CT molecular complexity index is 672. The van der Waals surface area contributed by atoms with Crippen molar-refractivity contribution in [2.75, 3.05) is 5.32 Å². The standard InChI is InChI=1S/C13H9ClN2O3S/c14-7-1-2-10-8(5-7)9(17)6-11(19-10)12(18)16-13-15-3-4-20-13/h1-5,11H,6H2,(H,15,16,18). The summed E-state index contributed by atoms with van der Waals surface area (Å²) in [5.74, 6) is -0.160. The summed E-state index contributed by atoms with van der Waals surface area (Å²) in [5.41, 5.74) is 0.413. The Labute approximate surface area is 123 Å². The number of nitrogens with one attached hydrogen (secondary N) is 1. The molecular formula is C13H9ClN2O3S. The van der Waals surface area contributed by atoms with Crippen LogP contribution in [0.4, 0.5) is 5.13 Å². The van der Waals surface area contributed by atoms with E-state index in [0.29, 0.717) is 21.5 Å². The van der Waals surface area contributed by atoms with Gasteiger partial charge in [0.1, 0.15) is 5.75 Å². The van der Waals surface area contributed by atoms with Crippen molar-refractivity contribution < 1.29 is 14.3 Å². The Balaban J connectivity index is 1.79. The maximum atomic E-state index is 12.0. The molecule has 1 aliphatic rings. The third kappa shape index (κ3) is 2.52. The van der Waals surface area contributed by atoms with Crippen molar-refractivity contribution in [2.24, 2.45) is 0 Å². The average Bonchev–Trinajstić information content (AvgIpc) is 2.92. The lowest BCUT2D eigenvalue weighted by Gasteiger charge is -2.24. The van der Waals surface area contributed by atoms with E-state index in [-0.39, 0.29) is 18.1 Å². The quantitative estimate of drug-likeness (QED) is 0.926. The number of carbonyl (C=O) groups excluding carboxylic acids is 2. The molecule has 5 nitrogen and oxygen atoms in total. The first-order valence-corrected chi connectivity index (χ1v) is 7.09. The Hall–Kier alpha value is -1.92. The lowest BCUT2D eigenvalue weighted by atomic mass is 10.0. The number of ether oxygens (including phenoxy) is 1. The molecule has 0 aliphatic carbocycles. The van der Waals surface area contributed by atoms with Crippen LogP contribution in [0.2, 0.25) is 5.02 Å². The minimum Gasteiger partial charge on any atom is -0.479 e. The molecule has 1 unspecified atom stereocenters. The van der Waals surface area contributed by atoms with E-state index in [1.165, 1.54) is 11.3 Å². The number of hydrogen-bond acceptors (Lipinski definition) is 5. The van der Waals surface area contributed by atoms with Crippen LogP contribution in [-0.4, -0.2) is 22.8 Å². The van der Waals surface area contributed by atoms with Crippen LogP contribution in [0.25, 0.3) is 0 Å². The number of carbonyl (C=O) groups is 2. The highest BCUT2D eigenvalue weighted by molar-refractivity contribution is 7.13. The zero-order valence-corrected chi connectivity index (χ0v) is 11.7. The number of rotatable bonds is 2. The molecule has 3 rings (SSSR count). The molecule has 2 aromatic rings. The SMILES string of the molecule is O=C1CC(C(=O)Nc2nccs2)Oc2ccc(Cl)cc21. The number of amides is 1. The Kier molecular flexibility index (Phi) is 3.42. The van der Waals surface area contributed by atoms with E-state index < -0.39 is 6.10 Å². The van der Waals surface area contributed by atoms with Gasteiger partial charge in [0.05, 0.1) is 12.0 Å². The highest BCUT2D eigenvalue weighted by Crippen LogP contribution is 2.30. The third-order valence-electron chi connectivity index (χ3n) is 2.84. The smallest absolute Gasteiger partial charge is 0.267 e. The van der Waals surface area contributed by atoms with Gasteiger partial charge in [-0.15, -0.1) is 11.3 Å². The largest absolute Gasteiger partial charge is 0.479 e. The number of benzene rings is 1. The molecular weight excluding hydrogens is 300 g/mol. The molecule has 0 fully saturated rings. The predicted molar refractivity (Wildman–Crippen MR) is 75.6 cm³/mol. The number of aromatic nitrogens is 1. The fourth-order valence-corrected chi connectivity index (χ4v) is 2.62. The molecule has 7 heteroatoms. The van der Waals surface area contributed by atoms with Crippen LogP contribution in [0.1, 0.15) is 16.8 Å². The molecule has 2 heterocycles. The van der Waals surface area contributed by atoms with E-state index in [2.05, 4.69) is 10.3 Å². The molecule has 0 saturated heterocycles. The predicted octanol–water partition coefficient (Wildman–Crippen LogP) is 2.77. The third-order valence-corrected chi connectivity index (χ3v) is 3.76. The van der Waals surface area contributed by atoms with Crippen LogP contribution in [0.5, 0.6) is 5.75 Å². The molecule has 1 atom stereocenters. The number of hydrogen-bond donors (Lipinski definition) is 1. The van der Waals surface area contributed by atoms with Gasteiger partial charge in [-0.1, -0.05) is 11.6 Å². The first-order valence-electron chi connectivity index (χ1n) is 5.83. The van der Waals surface area contributed by atoms with Crippen LogP contribution < -0.4 is 10.1 Å². The number of nitrogens with zero attached hydrogens (tertiary/aromatic N) is 1. The summed E-state index contributed by atoms with van der Waals surface area (Å²) in [4.78, 5) is 28.0. The van der Waals surface area contributed by atoms with Crippen LogP contribution in [0.3, 0.4) is 0 Å². The van der Waals surface area contributed by atoms with Gasteiger partial charge in [-0.2, -0.15) is 0 Å². The number of halogens is 1. The highest BCUT2D eigenvalue weighted by atomic mass is 35.5. The average molecular weight is 309 g/mol. The van der Waals surface area contributed by atoms with Gasteiger partial charge in [0, 0.05) is 16.6 Å². The molecule has 0 radical (unpaired) electrons. The van der Waals surface area contributed by atoms with Gasteiger partial charge in [0.25, 0.3) is 5.91 Å². The summed E-state index contributed by atoms with van der Waals surface area (Å²) in [5, 5.41) is 5.31. The van der Waals surface area contributed by atoms with Crippen LogP contribution in [0.15, 0.2) is 29.8 Å². The molecule has 102 valence electrons. The van der Waals surface area contributed by atoms with Crippen molar-refractivity contribution >= 4 is 39.8 Å². The lowest BCUT2D eigenvalue weighted by Crippen LogP contribution is -2.38. The Morgan fingerprint density at radius 3 is 3.10 bits per heavy atom. The van der Waals surface area contributed by atoms with Gasteiger partial charge in [0.2, 0.25) is 0 Å². The fourth-order valence-electron chi connectivity index (χ4n) is 1.91. The Morgan fingerprint density at radius 1 is 1.50 bits per heavy atom. The van der Waals surface area contributed by atoms with Crippen LogP contribution in [0, 0.1) is 0 Å². The van der Waals surface area contributed by atoms with Crippen molar-refractivity contribution in [3.8, 4) is 5.75 Å². The normalized spacial score (nSPS) is 17.2. The second-order valence-corrected chi connectivity index (χ2v) is 5.53. The zero-order chi connectivity index (χ0) is 14.1. The van der Waals surface area contributed by atoms with Crippen LogP contribution in [-0.2, 0) is 4.79 Å². The number of ketones is 1. The minimum absolute atomic E-state index is 0.00937. The summed E-state index contributed by atoms with van der Waals surface area (Å²) < 4.78 is 5.55. The molecule has 1 amide bonds. The molecule has 1 aliphatic heterocycles. The van der Waals surface area contributed by atoms with E-state index >= 15 is 0 Å². The number of fused-ring (bicyclic) bond motifs is 1. The molecule has 20 heavy (non-hydrogen) atoms. The number of Topliss-reactive ketones (excluding diaryl/α,β-unsaturated/α-hetero) is 1. The summed E-state index contributed by atoms with van der Waals surface area (Å²) in [6.45, 7) is 0. The Morgan fingerprint density at radius 2 is 2.35 bits per heavy atom. The van der Waals surface area contributed by atoms with Crippen LogP contribution >= 0.6 is 22.9 Å². The van der Waals surface area contributed by atoms with E-state index in [0.717, 1.165) is 0 Å². The maximum Gasteiger partial charge on any atom is 0.267 e. The van der Waals surface area contributed by atoms with E-state index in [1.54, 1.807) is 29.8 Å². The van der Waals surface area contributed by atoms with Crippen molar-refractivity contribution in [1.29, 1.82) is 0 Å². The molecule has 1 N–H and O–H groups in total. The topological polar surface area (TPSA) is 68.3 Å². The number of anilines is 1. The molecule has 1 aromatic carbocycles. The van der Waals surface area contributed by atoms with E-state index in [9.17, 15) is 9.59 Å². The fraction of sp³-hybridized carbons (Fsp3) is 0.154. The van der Waals surface area contributed by atoms with Gasteiger partial charge < -0.3 is 4.74 Å². The van der Waals surface area contributed by atoms with Gasteiger partial charge in [0.15, 0.2) is 17.0 Å². The van der Waals surface area contributed by atoms with Crippen molar-refractivity contribution in [3.63, 3.8) is 0 Å². The summed E-state index contributed by atoms with van der Waals surface area (Å²) in [6, 6.07) is 4.77. The first kappa shape index (κ1) is 13.1. The molecule has 0 spiro atoms. The second-order valence-electron chi connectivity index (χ2n) is 4.20. The number of thiazole rings is 1. The molecule has 0 saturated carbocycles. The van der Waals surface area contributed by atoms with E-state index in [4.69, 9.17) is 16.3 Å². The van der Waals surface area contributed by atoms with Crippen molar-refractivity contribution in [1.82, 2.24) is 4.98 Å². The summed E-state index contributed by atoms with van der Waals surface area (Å²) in [7, 11) is 0.